The van der Waals surface area contributed by atoms with Crippen molar-refractivity contribution in [3.8, 4) is 0 Å². The zero-order chi connectivity index (χ0) is 37.2. The SMILES string of the molecule is CCCCCCCC/C=C\CCCCCCCCCC(=O)OC[C@H](COP(=O)(O)OCC[N+](C)(C)C)OC(=O)CCCCCCCCCCC. The van der Waals surface area contributed by atoms with Gasteiger partial charge < -0.3 is 18.9 Å². The Bertz CT molecular complexity index is 876. The molecule has 0 radical (unpaired) electrons. The average Bonchev–Trinajstić information content (AvgIpc) is 3.06. The fourth-order valence-corrected chi connectivity index (χ4v) is 6.28. The summed E-state index contributed by atoms with van der Waals surface area (Å²) in [5.74, 6) is -0.801. The number of carbonyl (C=O) groups is 2. The molecule has 0 saturated carbocycles. The van der Waals surface area contributed by atoms with Crippen molar-refractivity contribution in [3.05, 3.63) is 12.2 Å². The highest BCUT2D eigenvalue weighted by Crippen LogP contribution is 2.43. The molecule has 0 fully saturated rings. The van der Waals surface area contributed by atoms with Gasteiger partial charge in [0.15, 0.2) is 6.10 Å². The molecule has 1 unspecified atom stereocenters. The molecule has 2 atom stereocenters. The van der Waals surface area contributed by atoms with Crippen LogP contribution < -0.4 is 0 Å². The quantitative estimate of drug-likeness (QED) is 0.0221. The lowest BCUT2D eigenvalue weighted by Gasteiger charge is -2.24. The van der Waals surface area contributed by atoms with Crippen LogP contribution in [0.25, 0.3) is 0 Å². The highest BCUT2D eigenvalue weighted by molar-refractivity contribution is 7.47. The van der Waals surface area contributed by atoms with Gasteiger partial charge >= 0.3 is 19.8 Å². The molecule has 0 aliphatic heterocycles. The topological polar surface area (TPSA) is 108 Å². The van der Waals surface area contributed by atoms with Crippen molar-refractivity contribution in [1.82, 2.24) is 0 Å². The Morgan fingerprint density at radius 2 is 1.02 bits per heavy atom. The molecule has 0 amide bonds. The first kappa shape index (κ1) is 48.8. The first-order valence-corrected chi connectivity index (χ1v) is 21.9. The summed E-state index contributed by atoms with van der Waals surface area (Å²) in [7, 11) is 1.48. The maximum Gasteiger partial charge on any atom is 0.472 e. The second kappa shape index (κ2) is 33.6. The van der Waals surface area contributed by atoms with Crippen molar-refractivity contribution in [2.75, 3.05) is 47.5 Å². The number of nitrogens with zero attached hydrogens (tertiary/aromatic N) is 1. The van der Waals surface area contributed by atoms with Gasteiger partial charge in [-0.3, -0.25) is 18.6 Å². The Kier molecular flexibility index (Phi) is 32.7. The number of allylic oxidation sites excluding steroid dienone is 2. The van der Waals surface area contributed by atoms with E-state index >= 15 is 0 Å². The van der Waals surface area contributed by atoms with Crippen molar-refractivity contribution in [3.63, 3.8) is 0 Å². The molecular formula is C40H79NO8P+. The summed E-state index contributed by atoms with van der Waals surface area (Å²) in [5, 5.41) is 0. The molecule has 0 aromatic carbocycles. The van der Waals surface area contributed by atoms with Crippen LogP contribution in [0.1, 0.15) is 181 Å². The second-order valence-corrected chi connectivity index (χ2v) is 16.5. The largest absolute Gasteiger partial charge is 0.472 e. The maximum absolute atomic E-state index is 12.6. The molecule has 0 heterocycles. The van der Waals surface area contributed by atoms with Crippen LogP contribution in [0.2, 0.25) is 0 Å². The van der Waals surface area contributed by atoms with Gasteiger partial charge in [-0.2, -0.15) is 0 Å². The van der Waals surface area contributed by atoms with Gasteiger partial charge in [-0.15, -0.1) is 0 Å². The average molecular weight is 733 g/mol. The van der Waals surface area contributed by atoms with E-state index in [2.05, 4.69) is 26.0 Å². The normalized spacial score (nSPS) is 13.8. The van der Waals surface area contributed by atoms with E-state index in [0.717, 1.165) is 32.1 Å². The number of carbonyl (C=O) groups excluding carboxylic acids is 2. The van der Waals surface area contributed by atoms with E-state index in [1.807, 2.05) is 21.1 Å². The Labute approximate surface area is 307 Å². The van der Waals surface area contributed by atoms with Crippen LogP contribution >= 0.6 is 7.82 Å². The van der Waals surface area contributed by atoms with Crippen molar-refractivity contribution < 1.29 is 42.1 Å². The van der Waals surface area contributed by atoms with E-state index < -0.39 is 26.5 Å². The minimum absolute atomic E-state index is 0.0338. The number of phosphoric ester groups is 1. The van der Waals surface area contributed by atoms with Crippen LogP contribution in [0.15, 0.2) is 12.2 Å². The summed E-state index contributed by atoms with van der Waals surface area (Å²) < 4.78 is 34.1. The fraction of sp³-hybridized carbons (Fsp3) is 0.900. The summed E-state index contributed by atoms with van der Waals surface area (Å²) in [6, 6.07) is 0. The van der Waals surface area contributed by atoms with E-state index in [-0.39, 0.29) is 32.0 Å². The first-order chi connectivity index (χ1) is 24.0. The van der Waals surface area contributed by atoms with Crippen LogP contribution in [0.4, 0.5) is 0 Å². The zero-order valence-electron chi connectivity index (χ0n) is 33.1. The molecule has 0 aliphatic carbocycles. The molecule has 10 heteroatoms. The van der Waals surface area contributed by atoms with Crippen LogP contribution in [-0.4, -0.2) is 74.9 Å². The highest BCUT2D eigenvalue weighted by Gasteiger charge is 2.27. The molecule has 0 aromatic heterocycles. The first-order valence-electron chi connectivity index (χ1n) is 20.4. The zero-order valence-corrected chi connectivity index (χ0v) is 34.0. The standard InChI is InChI=1S/C40H78NO8P/c1-6-8-10-12-14-16-17-18-19-20-21-22-23-25-26-28-30-32-39(42)46-36-38(37-48-50(44,45)47-35-34-41(3,4)5)49-40(43)33-31-29-27-24-15-13-11-9-7-2/h18-19,38H,6-17,20-37H2,1-5H3/p+1/b19-18-/t38-/m1/s1. The summed E-state index contributed by atoms with van der Waals surface area (Å²) in [4.78, 5) is 35.1. The number of ether oxygens (including phenoxy) is 2. The third-order valence-electron chi connectivity index (χ3n) is 8.80. The van der Waals surface area contributed by atoms with Gasteiger partial charge in [-0.1, -0.05) is 142 Å². The number of phosphoric acid groups is 1. The second-order valence-electron chi connectivity index (χ2n) is 15.0. The molecule has 0 bridgehead atoms. The van der Waals surface area contributed by atoms with Gasteiger partial charge in [0.1, 0.15) is 19.8 Å². The van der Waals surface area contributed by atoms with E-state index in [9.17, 15) is 19.0 Å². The number of likely N-dealkylation sites (N-methyl/N-ethyl adjacent to an activating group) is 1. The lowest BCUT2D eigenvalue weighted by molar-refractivity contribution is -0.870. The number of hydrogen-bond acceptors (Lipinski definition) is 7. The van der Waals surface area contributed by atoms with Crippen LogP contribution in [0, 0.1) is 0 Å². The molecule has 0 aliphatic rings. The molecule has 9 nitrogen and oxygen atoms in total. The molecular weight excluding hydrogens is 653 g/mol. The molecule has 1 N–H and O–H groups in total. The third kappa shape index (κ3) is 36.5. The summed E-state index contributed by atoms with van der Waals surface area (Å²) in [5.41, 5.74) is 0. The maximum atomic E-state index is 12.6. The van der Waals surface area contributed by atoms with Crippen molar-refractivity contribution in [2.45, 2.75) is 187 Å². The Balaban J connectivity index is 4.31. The Morgan fingerprint density at radius 1 is 0.600 bits per heavy atom. The Hall–Kier alpha value is -1.25. The lowest BCUT2D eigenvalue weighted by atomic mass is 10.1. The number of rotatable bonds is 37. The van der Waals surface area contributed by atoms with E-state index in [0.29, 0.717) is 17.4 Å². The summed E-state index contributed by atoms with van der Waals surface area (Å²) in [6.45, 7) is 4.39. The molecule has 296 valence electrons. The van der Waals surface area contributed by atoms with Gasteiger partial charge in [0, 0.05) is 12.8 Å². The number of unbranched alkanes of at least 4 members (excludes halogenated alkanes) is 21. The van der Waals surface area contributed by atoms with Gasteiger partial charge in [-0.05, 0) is 38.5 Å². The van der Waals surface area contributed by atoms with Crippen molar-refractivity contribution >= 4 is 19.8 Å². The molecule has 0 rings (SSSR count). The van der Waals surface area contributed by atoms with Crippen molar-refractivity contribution in [2.24, 2.45) is 0 Å². The summed E-state index contributed by atoms with van der Waals surface area (Å²) >= 11 is 0. The third-order valence-corrected chi connectivity index (χ3v) is 9.78. The summed E-state index contributed by atoms with van der Waals surface area (Å²) in [6.07, 6.45) is 32.6. The van der Waals surface area contributed by atoms with Gasteiger partial charge in [0.05, 0.1) is 27.7 Å². The highest BCUT2D eigenvalue weighted by atomic mass is 31.2. The predicted octanol–water partition coefficient (Wildman–Crippen LogP) is 11.0. The molecule has 0 saturated heterocycles. The van der Waals surface area contributed by atoms with E-state index in [1.54, 1.807) is 0 Å². The lowest BCUT2D eigenvalue weighted by Crippen LogP contribution is -2.37. The number of hydrogen-bond donors (Lipinski definition) is 1. The van der Waals surface area contributed by atoms with Crippen LogP contribution in [0.5, 0.6) is 0 Å². The number of quaternary nitrogens is 1. The minimum atomic E-state index is -4.36. The molecule has 0 spiro atoms. The van der Waals surface area contributed by atoms with Crippen molar-refractivity contribution in [1.29, 1.82) is 0 Å². The smallest absolute Gasteiger partial charge is 0.462 e. The fourth-order valence-electron chi connectivity index (χ4n) is 5.54. The molecule has 50 heavy (non-hydrogen) atoms. The monoisotopic (exact) mass is 733 g/mol. The molecule has 0 aromatic rings. The van der Waals surface area contributed by atoms with E-state index in [1.165, 1.54) is 116 Å². The van der Waals surface area contributed by atoms with Gasteiger partial charge in [0.25, 0.3) is 0 Å². The van der Waals surface area contributed by atoms with Gasteiger partial charge in [-0.25, -0.2) is 4.57 Å². The Morgan fingerprint density at radius 3 is 1.48 bits per heavy atom. The number of esters is 2. The van der Waals surface area contributed by atoms with Crippen LogP contribution in [0.3, 0.4) is 0 Å². The predicted molar refractivity (Wildman–Crippen MR) is 206 cm³/mol. The van der Waals surface area contributed by atoms with Gasteiger partial charge in [0.2, 0.25) is 0 Å². The van der Waals surface area contributed by atoms with Crippen LogP contribution in [-0.2, 0) is 32.7 Å². The minimum Gasteiger partial charge on any atom is -0.462 e. The van der Waals surface area contributed by atoms with E-state index in [4.69, 9.17) is 18.5 Å².